The summed E-state index contributed by atoms with van der Waals surface area (Å²) in [7, 11) is 0. The second-order valence-corrected chi connectivity index (χ2v) is 5.76. The fourth-order valence-electron chi connectivity index (χ4n) is 3.31. The smallest absolute Gasteiger partial charge is 0.313 e. The molecule has 0 fully saturated rings. The van der Waals surface area contributed by atoms with Gasteiger partial charge in [-0.1, -0.05) is 45.1 Å². The third-order valence-corrected chi connectivity index (χ3v) is 4.34. The summed E-state index contributed by atoms with van der Waals surface area (Å²) >= 11 is 0. The van der Waals surface area contributed by atoms with Gasteiger partial charge in [-0.2, -0.15) is 0 Å². The van der Waals surface area contributed by atoms with E-state index in [2.05, 4.69) is 13.8 Å². The van der Waals surface area contributed by atoms with Crippen LogP contribution in [0.5, 0.6) is 0 Å². The van der Waals surface area contributed by atoms with Crippen LogP contribution in [0.3, 0.4) is 0 Å². The van der Waals surface area contributed by atoms with Gasteiger partial charge < -0.3 is 4.74 Å². The van der Waals surface area contributed by atoms with Crippen LogP contribution < -0.4 is 0 Å². The molecule has 1 aliphatic carbocycles. The van der Waals surface area contributed by atoms with Crippen molar-refractivity contribution in [1.29, 1.82) is 0 Å². The van der Waals surface area contributed by atoms with Crippen LogP contribution in [-0.2, 0) is 14.3 Å². The highest BCUT2D eigenvalue weighted by atomic mass is 16.5. The molecule has 0 aromatic rings. The Bertz CT molecular complexity index is 370. The van der Waals surface area contributed by atoms with Gasteiger partial charge in [-0.3, -0.25) is 9.59 Å². The Labute approximate surface area is 122 Å². The first kappa shape index (κ1) is 16.9. The molecule has 0 unspecified atom stereocenters. The van der Waals surface area contributed by atoms with Gasteiger partial charge in [0.05, 0.1) is 12.5 Å². The fraction of sp³-hybridized carbons (Fsp3) is 0.765. The number of hydrogen-bond donors (Lipinski definition) is 0. The zero-order valence-electron chi connectivity index (χ0n) is 13.3. The number of esters is 1. The molecule has 0 radical (unpaired) electrons. The molecule has 0 amide bonds. The van der Waals surface area contributed by atoms with E-state index in [9.17, 15) is 9.59 Å². The van der Waals surface area contributed by atoms with Crippen LogP contribution in [0.2, 0.25) is 0 Å². The lowest BCUT2D eigenvalue weighted by molar-refractivity contribution is -0.149. The monoisotopic (exact) mass is 280 g/mol. The Hall–Kier alpha value is -1.12. The second kappa shape index (κ2) is 8.23. The molecule has 1 rings (SSSR count). The average Bonchev–Trinajstić information content (AvgIpc) is 2.39. The number of unbranched alkanes of at least 4 members (excludes halogenated alkanes) is 1. The lowest BCUT2D eigenvalue weighted by Gasteiger charge is -2.34. The van der Waals surface area contributed by atoms with E-state index in [1.54, 1.807) is 6.08 Å². The van der Waals surface area contributed by atoms with Crippen LogP contribution >= 0.6 is 0 Å². The third kappa shape index (κ3) is 4.19. The Morgan fingerprint density at radius 1 is 1.40 bits per heavy atom. The van der Waals surface area contributed by atoms with Gasteiger partial charge in [-0.15, -0.1) is 0 Å². The third-order valence-electron chi connectivity index (χ3n) is 4.34. The zero-order valence-corrected chi connectivity index (χ0v) is 13.3. The quantitative estimate of drug-likeness (QED) is 0.664. The molecule has 0 N–H and O–H groups in total. The van der Waals surface area contributed by atoms with Crippen LogP contribution in [0.1, 0.15) is 59.8 Å². The zero-order chi connectivity index (χ0) is 15.1. The van der Waals surface area contributed by atoms with Crippen LogP contribution in [0.15, 0.2) is 11.6 Å². The van der Waals surface area contributed by atoms with E-state index in [4.69, 9.17) is 4.74 Å². The Kier molecular flexibility index (Phi) is 6.97. The summed E-state index contributed by atoms with van der Waals surface area (Å²) in [4.78, 5) is 24.1. The van der Waals surface area contributed by atoms with E-state index in [0.29, 0.717) is 18.9 Å². The molecule has 3 nitrogen and oxygen atoms in total. The minimum absolute atomic E-state index is 0.114. The first-order valence-corrected chi connectivity index (χ1v) is 7.92. The number of rotatable bonds is 7. The molecule has 0 bridgehead atoms. The molecule has 0 saturated carbocycles. The number of ether oxygens (including phenoxy) is 1. The van der Waals surface area contributed by atoms with Gasteiger partial charge in [0.15, 0.2) is 5.78 Å². The average molecular weight is 280 g/mol. The molecule has 0 heterocycles. The molecular formula is C17H28O3. The Morgan fingerprint density at radius 2 is 2.10 bits per heavy atom. The standard InChI is InChI=1S/C17H28O3/c1-5-8-9-13(6-2)15-11-14(18)10-12(4)16(15)17(19)20-7-3/h10,13,15-16H,5-9,11H2,1-4H3/t13-,15-,16+/m0/s1. The molecule has 0 aromatic carbocycles. The van der Waals surface area contributed by atoms with Crippen molar-refractivity contribution in [2.24, 2.45) is 17.8 Å². The van der Waals surface area contributed by atoms with E-state index >= 15 is 0 Å². The summed E-state index contributed by atoms with van der Waals surface area (Å²) in [6.45, 7) is 8.44. The number of hydrogen-bond acceptors (Lipinski definition) is 3. The van der Waals surface area contributed by atoms with Crippen LogP contribution in [0.4, 0.5) is 0 Å². The molecule has 3 heteroatoms. The van der Waals surface area contributed by atoms with Crippen molar-refractivity contribution in [1.82, 2.24) is 0 Å². The van der Waals surface area contributed by atoms with Gasteiger partial charge in [-0.05, 0) is 31.8 Å². The summed E-state index contributed by atoms with van der Waals surface area (Å²) in [6.07, 6.45) is 6.53. The highest BCUT2D eigenvalue weighted by Gasteiger charge is 2.39. The van der Waals surface area contributed by atoms with E-state index in [-0.39, 0.29) is 23.6 Å². The van der Waals surface area contributed by atoms with Crippen molar-refractivity contribution >= 4 is 11.8 Å². The molecule has 0 spiro atoms. The minimum Gasteiger partial charge on any atom is -0.466 e. The summed E-state index contributed by atoms with van der Waals surface area (Å²) in [5.74, 6) is 0.311. The van der Waals surface area contributed by atoms with Crippen molar-refractivity contribution in [3.8, 4) is 0 Å². The number of carbonyl (C=O) groups is 2. The highest BCUT2D eigenvalue weighted by molar-refractivity contribution is 5.94. The molecule has 0 aromatic heterocycles. The maximum Gasteiger partial charge on any atom is 0.313 e. The maximum absolute atomic E-state index is 12.2. The van der Waals surface area contributed by atoms with Gasteiger partial charge in [0.25, 0.3) is 0 Å². The highest BCUT2D eigenvalue weighted by Crippen LogP contribution is 2.38. The predicted octanol–water partition coefficient (Wildman–Crippen LogP) is 3.92. The van der Waals surface area contributed by atoms with Crippen molar-refractivity contribution in [3.63, 3.8) is 0 Å². The summed E-state index contributed by atoms with van der Waals surface area (Å²) in [6, 6.07) is 0. The Morgan fingerprint density at radius 3 is 2.65 bits per heavy atom. The second-order valence-electron chi connectivity index (χ2n) is 5.76. The maximum atomic E-state index is 12.2. The van der Waals surface area contributed by atoms with E-state index < -0.39 is 0 Å². The Balaban J connectivity index is 2.95. The summed E-state index contributed by atoms with van der Waals surface area (Å²) < 4.78 is 5.23. The van der Waals surface area contributed by atoms with Crippen molar-refractivity contribution in [2.45, 2.75) is 59.8 Å². The lowest BCUT2D eigenvalue weighted by Crippen LogP contribution is -2.36. The van der Waals surface area contributed by atoms with Crippen molar-refractivity contribution < 1.29 is 14.3 Å². The minimum atomic E-state index is -0.227. The van der Waals surface area contributed by atoms with Crippen molar-refractivity contribution in [2.75, 3.05) is 6.61 Å². The van der Waals surface area contributed by atoms with Gasteiger partial charge in [-0.25, -0.2) is 0 Å². The van der Waals surface area contributed by atoms with E-state index in [0.717, 1.165) is 31.3 Å². The summed E-state index contributed by atoms with van der Waals surface area (Å²) in [5, 5.41) is 0. The van der Waals surface area contributed by atoms with Crippen LogP contribution in [-0.4, -0.2) is 18.4 Å². The molecule has 3 atom stereocenters. The fourth-order valence-corrected chi connectivity index (χ4v) is 3.31. The molecule has 20 heavy (non-hydrogen) atoms. The molecule has 114 valence electrons. The van der Waals surface area contributed by atoms with Crippen LogP contribution in [0.25, 0.3) is 0 Å². The predicted molar refractivity (Wildman–Crippen MR) is 80.3 cm³/mol. The molecule has 1 aliphatic rings. The van der Waals surface area contributed by atoms with Gasteiger partial charge >= 0.3 is 5.97 Å². The summed E-state index contributed by atoms with van der Waals surface area (Å²) in [5.41, 5.74) is 0.875. The SMILES string of the molecule is CCCC[C@H](CC)[C@@H]1CC(=O)C=C(C)[C@H]1C(=O)OCC. The van der Waals surface area contributed by atoms with E-state index in [1.807, 2.05) is 13.8 Å². The normalized spacial score (nSPS) is 24.2. The van der Waals surface area contributed by atoms with Gasteiger partial charge in [0.1, 0.15) is 0 Å². The number of ketones is 1. The van der Waals surface area contributed by atoms with Crippen molar-refractivity contribution in [3.05, 3.63) is 11.6 Å². The van der Waals surface area contributed by atoms with Gasteiger partial charge in [0.2, 0.25) is 0 Å². The molecule has 0 saturated heterocycles. The number of allylic oxidation sites excluding steroid dienone is 1. The number of carbonyl (C=O) groups excluding carboxylic acids is 2. The molecule has 0 aliphatic heterocycles. The largest absolute Gasteiger partial charge is 0.466 e. The molecular weight excluding hydrogens is 252 g/mol. The topological polar surface area (TPSA) is 43.4 Å². The van der Waals surface area contributed by atoms with E-state index in [1.165, 1.54) is 0 Å². The van der Waals surface area contributed by atoms with Crippen LogP contribution in [0, 0.1) is 17.8 Å². The first-order chi connectivity index (χ1) is 9.54. The first-order valence-electron chi connectivity index (χ1n) is 7.92. The lowest BCUT2D eigenvalue weighted by atomic mass is 9.69. The van der Waals surface area contributed by atoms with Gasteiger partial charge in [0, 0.05) is 6.42 Å².